The van der Waals surface area contributed by atoms with Gasteiger partial charge in [-0.05, 0) is 36.4 Å². The van der Waals surface area contributed by atoms with Gasteiger partial charge in [0.15, 0.2) is 6.10 Å². The molecule has 0 saturated heterocycles. The zero-order valence-electron chi connectivity index (χ0n) is 9.73. The molecular formula is C15H12N2O. The van der Waals surface area contributed by atoms with E-state index in [4.69, 9.17) is 4.74 Å². The van der Waals surface area contributed by atoms with Crippen molar-refractivity contribution in [2.75, 3.05) is 0 Å². The van der Waals surface area contributed by atoms with Crippen LogP contribution in [0.3, 0.4) is 0 Å². The lowest BCUT2D eigenvalue weighted by Gasteiger charge is -2.20. The van der Waals surface area contributed by atoms with Crippen molar-refractivity contribution in [3.63, 3.8) is 0 Å². The summed E-state index contributed by atoms with van der Waals surface area (Å²) in [4.78, 5) is 8.59. The van der Waals surface area contributed by atoms with Crippen LogP contribution in [0.5, 0.6) is 0 Å². The molecule has 0 N–H and O–H groups in total. The Kier molecular flexibility index (Phi) is 2.88. The first kappa shape index (κ1) is 10.7. The third-order valence-corrected chi connectivity index (χ3v) is 2.68. The van der Waals surface area contributed by atoms with Gasteiger partial charge < -0.3 is 4.74 Å². The Morgan fingerprint density at radius 2 is 1.78 bits per heavy atom. The fraction of sp³-hybridized carbons (Fsp3) is 0.0667. The van der Waals surface area contributed by atoms with Crippen molar-refractivity contribution in [2.24, 2.45) is 0 Å². The van der Waals surface area contributed by atoms with Crippen molar-refractivity contribution in [2.45, 2.75) is 6.10 Å². The second-order valence-corrected chi connectivity index (χ2v) is 3.92. The highest BCUT2D eigenvalue weighted by molar-refractivity contribution is 5.59. The third kappa shape index (κ3) is 2.15. The molecule has 0 amide bonds. The first-order chi connectivity index (χ1) is 8.93. The van der Waals surface area contributed by atoms with Crippen LogP contribution < -0.4 is 0 Å². The largest absolute Gasteiger partial charge is 0.478 e. The van der Waals surface area contributed by atoms with E-state index in [1.165, 1.54) is 0 Å². The summed E-state index contributed by atoms with van der Waals surface area (Å²) < 4.78 is 5.91. The van der Waals surface area contributed by atoms with Crippen molar-refractivity contribution in [3.05, 3.63) is 78.4 Å². The Labute approximate surface area is 105 Å². The van der Waals surface area contributed by atoms with Crippen molar-refractivity contribution < 1.29 is 4.74 Å². The standard InChI is InChI=1S/C15H12N2O/c1-3-10-16-12(6-1)14-8-5-9-15(18-14)13-7-2-4-11-17-13/h1-11,14H. The first-order valence-corrected chi connectivity index (χ1v) is 5.81. The number of ether oxygens (including phenoxy) is 1. The van der Waals surface area contributed by atoms with Crippen LogP contribution in [0, 0.1) is 0 Å². The normalized spacial score (nSPS) is 18.0. The van der Waals surface area contributed by atoms with Gasteiger partial charge in [-0.25, -0.2) is 0 Å². The van der Waals surface area contributed by atoms with E-state index in [0.29, 0.717) is 0 Å². The molecule has 0 bridgehead atoms. The SMILES string of the molecule is C1=CC(c2ccccn2)OC(c2ccccn2)=C1. The van der Waals surface area contributed by atoms with Crippen LogP contribution in [0.15, 0.2) is 67.0 Å². The van der Waals surface area contributed by atoms with E-state index in [2.05, 4.69) is 9.97 Å². The molecular weight excluding hydrogens is 224 g/mol. The van der Waals surface area contributed by atoms with Gasteiger partial charge in [0.2, 0.25) is 0 Å². The molecule has 1 atom stereocenters. The van der Waals surface area contributed by atoms with E-state index in [1.807, 2.05) is 54.6 Å². The Hall–Kier alpha value is -2.42. The average molecular weight is 236 g/mol. The molecule has 2 aromatic heterocycles. The Balaban J connectivity index is 1.85. The quantitative estimate of drug-likeness (QED) is 0.803. The van der Waals surface area contributed by atoms with E-state index in [0.717, 1.165) is 17.1 Å². The van der Waals surface area contributed by atoms with Crippen LogP contribution in [0.2, 0.25) is 0 Å². The molecule has 1 unspecified atom stereocenters. The first-order valence-electron chi connectivity index (χ1n) is 5.81. The minimum atomic E-state index is -0.145. The van der Waals surface area contributed by atoms with Crippen LogP contribution in [0.4, 0.5) is 0 Å². The maximum Gasteiger partial charge on any atom is 0.159 e. The molecule has 0 saturated carbocycles. The minimum Gasteiger partial charge on any atom is -0.478 e. The zero-order valence-corrected chi connectivity index (χ0v) is 9.73. The van der Waals surface area contributed by atoms with Crippen LogP contribution in [-0.4, -0.2) is 9.97 Å². The molecule has 18 heavy (non-hydrogen) atoms. The summed E-state index contributed by atoms with van der Waals surface area (Å²) in [6.07, 6.45) is 9.26. The highest BCUT2D eigenvalue weighted by atomic mass is 16.5. The molecule has 0 fully saturated rings. The average Bonchev–Trinajstić information content (AvgIpc) is 2.49. The highest BCUT2D eigenvalue weighted by Gasteiger charge is 2.16. The summed E-state index contributed by atoms with van der Waals surface area (Å²) in [6.45, 7) is 0. The molecule has 2 aromatic rings. The number of allylic oxidation sites excluding steroid dienone is 2. The molecule has 1 aliphatic rings. The molecule has 88 valence electrons. The molecule has 3 nitrogen and oxygen atoms in total. The number of rotatable bonds is 2. The zero-order chi connectivity index (χ0) is 12.2. The molecule has 0 aliphatic carbocycles. The lowest BCUT2D eigenvalue weighted by atomic mass is 10.1. The van der Waals surface area contributed by atoms with Gasteiger partial charge in [0.05, 0.1) is 5.69 Å². The van der Waals surface area contributed by atoms with Crippen molar-refractivity contribution in [3.8, 4) is 0 Å². The van der Waals surface area contributed by atoms with Gasteiger partial charge in [-0.2, -0.15) is 0 Å². The Bertz CT molecular complexity index is 576. The Morgan fingerprint density at radius 1 is 0.944 bits per heavy atom. The number of hydrogen-bond donors (Lipinski definition) is 0. The Morgan fingerprint density at radius 3 is 2.50 bits per heavy atom. The maximum atomic E-state index is 5.91. The van der Waals surface area contributed by atoms with Crippen LogP contribution in [0.1, 0.15) is 17.5 Å². The predicted octanol–water partition coefficient (Wildman–Crippen LogP) is 3.15. The summed E-state index contributed by atoms with van der Waals surface area (Å²) >= 11 is 0. The van der Waals surface area contributed by atoms with E-state index in [9.17, 15) is 0 Å². The third-order valence-electron chi connectivity index (χ3n) is 2.68. The van der Waals surface area contributed by atoms with Gasteiger partial charge in [0.25, 0.3) is 0 Å². The molecule has 0 spiro atoms. The van der Waals surface area contributed by atoms with Crippen LogP contribution in [-0.2, 0) is 4.74 Å². The van der Waals surface area contributed by atoms with Crippen molar-refractivity contribution in [1.29, 1.82) is 0 Å². The summed E-state index contributed by atoms with van der Waals surface area (Å²) in [6, 6.07) is 11.6. The molecule has 3 heteroatoms. The van der Waals surface area contributed by atoms with Gasteiger partial charge in [0.1, 0.15) is 11.5 Å². The number of hydrogen-bond acceptors (Lipinski definition) is 3. The molecule has 0 aromatic carbocycles. The van der Waals surface area contributed by atoms with E-state index < -0.39 is 0 Å². The fourth-order valence-electron chi connectivity index (χ4n) is 1.82. The van der Waals surface area contributed by atoms with Gasteiger partial charge in [-0.3, -0.25) is 9.97 Å². The summed E-state index contributed by atoms with van der Waals surface area (Å²) in [7, 11) is 0. The monoisotopic (exact) mass is 236 g/mol. The van der Waals surface area contributed by atoms with Gasteiger partial charge in [-0.1, -0.05) is 18.2 Å². The topological polar surface area (TPSA) is 35.0 Å². The highest BCUT2D eigenvalue weighted by Crippen LogP contribution is 2.28. The van der Waals surface area contributed by atoms with E-state index in [-0.39, 0.29) is 6.10 Å². The minimum absolute atomic E-state index is 0.145. The smallest absolute Gasteiger partial charge is 0.159 e. The predicted molar refractivity (Wildman–Crippen MR) is 69.4 cm³/mol. The van der Waals surface area contributed by atoms with Crippen LogP contribution >= 0.6 is 0 Å². The molecule has 0 radical (unpaired) electrons. The maximum absolute atomic E-state index is 5.91. The summed E-state index contributed by atoms with van der Waals surface area (Å²) in [5.41, 5.74) is 1.73. The van der Waals surface area contributed by atoms with Gasteiger partial charge in [0, 0.05) is 12.4 Å². The van der Waals surface area contributed by atoms with Crippen LogP contribution in [0.25, 0.3) is 5.76 Å². The lowest BCUT2D eigenvalue weighted by molar-refractivity contribution is 0.207. The number of nitrogens with zero attached hydrogens (tertiary/aromatic N) is 2. The van der Waals surface area contributed by atoms with E-state index in [1.54, 1.807) is 12.4 Å². The molecule has 3 rings (SSSR count). The second-order valence-electron chi connectivity index (χ2n) is 3.92. The summed E-state index contributed by atoms with van der Waals surface area (Å²) in [5, 5.41) is 0. The van der Waals surface area contributed by atoms with Gasteiger partial charge >= 0.3 is 0 Å². The van der Waals surface area contributed by atoms with Crippen molar-refractivity contribution >= 4 is 5.76 Å². The number of pyridine rings is 2. The van der Waals surface area contributed by atoms with Gasteiger partial charge in [-0.15, -0.1) is 0 Å². The van der Waals surface area contributed by atoms with Crippen molar-refractivity contribution in [1.82, 2.24) is 9.97 Å². The lowest BCUT2D eigenvalue weighted by Crippen LogP contribution is -2.06. The number of aromatic nitrogens is 2. The molecule has 1 aliphatic heterocycles. The van der Waals surface area contributed by atoms with E-state index >= 15 is 0 Å². The molecule has 3 heterocycles. The second kappa shape index (κ2) is 4.84. The summed E-state index contributed by atoms with van der Waals surface area (Å²) in [5.74, 6) is 0.772. The fourth-order valence-corrected chi connectivity index (χ4v) is 1.82.